The number of nitrogens with zero attached hydrogens (tertiary/aromatic N) is 3. The molecule has 0 aromatic carbocycles. The number of H-pyrrole nitrogens is 1. The van der Waals surface area contributed by atoms with E-state index < -0.39 is 0 Å². The predicted molar refractivity (Wildman–Crippen MR) is 70.0 cm³/mol. The molecule has 0 unspecified atom stereocenters. The van der Waals surface area contributed by atoms with Crippen LogP contribution in [0.15, 0.2) is 24.5 Å². The largest absolute Gasteiger partial charge is 0.330 e. The molecule has 3 N–H and O–H groups in total. The second-order valence-corrected chi connectivity index (χ2v) is 4.33. The van der Waals surface area contributed by atoms with Crippen molar-refractivity contribution < 1.29 is 0 Å². The fourth-order valence-corrected chi connectivity index (χ4v) is 1.82. The average molecular weight is 245 g/mol. The van der Waals surface area contributed by atoms with Crippen LogP contribution in [0.3, 0.4) is 0 Å². The number of hydrogen-bond donors (Lipinski definition) is 2. The fraction of sp³-hybridized carbons (Fsp3) is 0.462. The number of aromatic amines is 1. The Morgan fingerprint density at radius 1 is 1.11 bits per heavy atom. The first-order valence-electron chi connectivity index (χ1n) is 6.37. The maximum absolute atomic E-state index is 5.46. The second-order valence-electron chi connectivity index (χ2n) is 4.33. The predicted octanol–water partition coefficient (Wildman–Crippen LogP) is 1.46. The molecule has 2 rings (SSSR count). The van der Waals surface area contributed by atoms with E-state index in [1.165, 1.54) is 5.56 Å². The molecule has 0 aliphatic carbocycles. The first kappa shape index (κ1) is 12.7. The van der Waals surface area contributed by atoms with Gasteiger partial charge in [0.15, 0.2) is 5.82 Å². The monoisotopic (exact) mass is 245 g/mol. The zero-order valence-corrected chi connectivity index (χ0v) is 10.5. The van der Waals surface area contributed by atoms with Gasteiger partial charge in [0.25, 0.3) is 0 Å². The van der Waals surface area contributed by atoms with Crippen LogP contribution in [0.1, 0.15) is 36.5 Å². The molecule has 0 spiro atoms. The Morgan fingerprint density at radius 2 is 1.94 bits per heavy atom. The molecule has 2 aromatic heterocycles. The molecule has 96 valence electrons. The van der Waals surface area contributed by atoms with Gasteiger partial charge in [-0.2, -0.15) is 5.10 Å². The summed E-state index contributed by atoms with van der Waals surface area (Å²) in [5, 5.41) is 7.22. The van der Waals surface area contributed by atoms with Crippen molar-refractivity contribution in [3.05, 3.63) is 41.7 Å². The molecule has 0 aliphatic rings. The molecule has 0 aliphatic heterocycles. The first-order valence-corrected chi connectivity index (χ1v) is 6.37. The minimum Gasteiger partial charge on any atom is -0.330 e. The molecular formula is C13H19N5. The normalized spacial score (nSPS) is 10.7. The van der Waals surface area contributed by atoms with Crippen molar-refractivity contribution in [3.63, 3.8) is 0 Å². The number of pyridine rings is 1. The third-order valence-electron chi connectivity index (χ3n) is 2.80. The summed E-state index contributed by atoms with van der Waals surface area (Å²) < 4.78 is 0. The van der Waals surface area contributed by atoms with Crippen LogP contribution in [0.5, 0.6) is 0 Å². The molecule has 2 heterocycles. The minimum absolute atomic E-state index is 0.765. The Balaban J connectivity index is 1.83. The third kappa shape index (κ3) is 3.92. The number of rotatable bonds is 7. The summed E-state index contributed by atoms with van der Waals surface area (Å²) in [7, 11) is 0. The molecule has 0 atom stereocenters. The zero-order chi connectivity index (χ0) is 12.6. The van der Waals surface area contributed by atoms with Gasteiger partial charge < -0.3 is 5.73 Å². The van der Waals surface area contributed by atoms with Crippen molar-refractivity contribution in [2.75, 3.05) is 6.54 Å². The highest BCUT2D eigenvalue weighted by atomic mass is 15.2. The molecule has 2 aromatic rings. The minimum atomic E-state index is 0.765. The second kappa shape index (κ2) is 6.86. The lowest BCUT2D eigenvalue weighted by molar-refractivity contribution is 0.670. The van der Waals surface area contributed by atoms with E-state index in [2.05, 4.69) is 20.2 Å². The maximum Gasteiger partial charge on any atom is 0.150 e. The third-order valence-corrected chi connectivity index (χ3v) is 2.80. The van der Waals surface area contributed by atoms with Crippen LogP contribution >= 0.6 is 0 Å². The number of nitrogens with two attached hydrogens (primary N) is 1. The lowest BCUT2D eigenvalue weighted by atomic mass is 10.2. The first-order chi connectivity index (χ1) is 8.88. The average Bonchev–Trinajstić information content (AvgIpc) is 2.84. The number of hydrogen-bond acceptors (Lipinski definition) is 4. The summed E-state index contributed by atoms with van der Waals surface area (Å²) in [6.45, 7) is 0.765. The van der Waals surface area contributed by atoms with E-state index >= 15 is 0 Å². The van der Waals surface area contributed by atoms with Gasteiger partial charge in [0.05, 0.1) is 0 Å². The highest BCUT2D eigenvalue weighted by molar-refractivity contribution is 5.15. The van der Waals surface area contributed by atoms with Gasteiger partial charge in [0.2, 0.25) is 0 Å². The van der Waals surface area contributed by atoms with E-state index in [0.717, 1.165) is 50.3 Å². The molecule has 0 fully saturated rings. The molecule has 0 radical (unpaired) electrons. The van der Waals surface area contributed by atoms with E-state index in [-0.39, 0.29) is 0 Å². The zero-order valence-electron chi connectivity index (χ0n) is 10.5. The quantitative estimate of drug-likeness (QED) is 0.724. The van der Waals surface area contributed by atoms with Crippen LogP contribution in [-0.4, -0.2) is 26.7 Å². The Hall–Kier alpha value is -1.75. The molecule has 5 heteroatoms. The van der Waals surface area contributed by atoms with Crippen LogP contribution in [-0.2, 0) is 12.8 Å². The molecule has 18 heavy (non-hydrogen) atoms. The molecule has 0 saturated carbocycles. The van der Waals surface area contributed by atoms with Gasteiger partial charge >= 0.3 is 0 Å². The number of nitrogens with one attached hydrogen (secondary N) is 1. The summed E-state index contributed by atoms with van der Waals surface area (Å²) in [6.07, 6.45) is 8.60. The van der Waals surface area contributed by atoms with Crippen molar-refractivity contribution in [1.82, 2.24) is 20.2 Å². The van der Waals surface area contributed by atoms with Crippen molar-refractivity contribution in [2.45, 2.75) is 32.1 Å². The summed E-state index contributed by atoms with van der Waals surface area (Å²) in [6, 6.07) is 3.98. The molecule has 0 bridgehead atoms. The number of aryl methyl sites for hydroxylation is 1. The van der Waals surface area contributed by atoms with E-state index in [1.807, 2.05) is 12.1 Å². The van der Waals surface area contributed by atoms with Gasteiger partial charge in [0.1, 0.15) is 5.82 Å². The van der Waals surface area contributed by atoms with Gasteiger partial charge in [-0.1, -0.05) is 6.42 Å². The Kier molecular flexibility index (Phi) is 4.84. The Bertz CT molecular complexity index is 451. The van der Waals surface area contributed by atoms with Crippen molar-refractivity contribution in [3.8, 4) is 0 Å². The van der Waals surface area contributed by atoms with Crippen molar-refractivity contribution in [2.24, 2.45) is 5.73 Å². The van der Waals surface area contributed by atoms with E-state index in [9.17, 15) is 0 Å². The van der Waals surface area contributed by atoms with E-state index in [0.29, 0.717) is 0 Å². The number of unbranched alkanes of at least 4 members (excludes halogenated alkanes) is 2. The van der Waals surface area contributed by atoms with Crippen LogP contribution < -0.4 is 5.73 Å². The summed E-state index contributed by atoms with van der Waals surface area (Å²) in [4.78, 5) is 8.48. The SMILES string of the molecule is NCCCCCc1n[nH]c(Cc2ccncc2)n1. The van der Waals surface area contributed by atoms with Crippen LogP contribution in [0.2, 0.25) is 0 Å². The maximum atomic E-state index is 5.46. The highest BCUT2D eigenvalue weighted by Gasteiger charge is 2.03. The summed E-state index contributed by atoms with van der Waals surface area (Å²) in [5.41, 5.74) is 6.65. The van der Waals surface area contributed by atoms with Crippen molar-refractivity contribution >= 4 is 0 Å². The van der Waals surface area contributed by atoms with Crippen LogP contribution in [0.4, 0.5) is 0 Å². The molecular weight excluding hydrogens is 226 g/mol. The standard InChI is InChI=1S/C13H19N5/c14-7-3-1-2-4-12-16-13(18-17-12)10-11-5-8-15-9-6-11/h5-6,8-9H,1-4,7,10,14H2,(H,16,17,18). The van der Waals surface area contributed by atoms with Crippen molar-refractivity contribution in [1.29, 1.82) is 0 Å². The van der Waals surface area contributed by atoms with Gasteiger partial charge in [0, 0.05) is 25.2 Å². The van der Waals surface area contributed by atoms with Gasteiger partial charge in [-0.15, -0.1) is 0 Å². The molecule has 5 nitrogen and oxygen atoms in total. The van der Waals surface area contributed by atoms with E-state index in [1.54, 1.807) is 12.4 Å². The molecule has 0 saturated heterocycles. The topological polar surface area (TPSA) is 80.5 Å². The number of aromatic nitrogens is 4. The van der Waals surface area contributed by atoms with E-state index in [4.69, 9.17) is 5.73 Å². The van der Waals surface area contributed by atoms with Gasteiger partial charge in [-0.25, -0.2) is 4.98 Å². The highest BCUT2D eigenvalue weighted by Crippen LogP contribution is 2.06. The van der Waals surface area contributed by atoms with Gasteiger partial charge in [-0.3, -0.25) is 10.1 Å². The van der Waals surface area contributed by atoms with Crippen LogP contribution in [0, 0.1) is 0 Å². The van der Waals surface area contributed by atoms with Gasteiger partial charge in [-0.05, 0) is 37.1 Å². The summed E-state index contributed by atoms with van der Waals surface area (Å²) >= 11 is 0. The summed E-state index contributed by atoms with van der Waals surface area (Å²) in [5.74, 6) is 1.81. The lowest BCUT2D eigenvalue weighted by Crippen LogP contribution is -1.98. The lowest BCUT2D eigenvalue weighted by Gasteiger charge is -1.96. The Morgan fingerprint density at radius 3 is 2.72 bits per heavy atom. The molecule has 0 amide bonds. The smallest absolute Gasteiger partial charge is 0.150 e. The van der Waals surface area contributed by atoms with Crippen LogP contribution in [0.25, 0.3) is 0 Å². The Labute approximate surface area is 107 Å². The fourth-order valence-electron chi connectivity index (χ4n) is 1.82.